The van der Waals surface area contributed by atoms with Gasteiger partial charge in [-0.2, -0.15) is 0 Å². The maximum Gasteiger partial charge on any atom is 0.225 e. The van der Waals surface area contributed by atoms with E-state index in [4.69, 9.17) is 23.8 Å². The van der Waals surface area contributed by atoms with Gasteiger partial charge in [0.15, 0.2) is 3.95 Å². The summed E-state index contributed by atoms with van der Waals surface area (Å²) < 4.78 is 14.1. The van der Waals surface area contributed by atoms with Crippen LogP contribution in [0.3, 0.4) is 0 Å². The molecule has 0 unspecified atom stereocenters. The predicted molar refractivity (Wildman–Crippen MR) is 87.3 cm³/mol. The highest BCUT2D eigenvalue weighted by Crippen LogP contribution is 2.21. The fourth-order valence-electron chi connectivity index (χ4n) is 1.96. The summed E-state index contributed by atoms with van der Waals surface area (Å²) in [4.78, 5) is 15.9. The number of aliphatic hydroxyl groups is 1. The molecule has 0 fully saturated rings. The molecule has 0 aliphatic rings. The number of hydrogen-bond acceptors (Lipinski definition) is 4. The fraction of sp³-hybridized carbons (Fsp3) is 0.286. The Hall–Kier alpha value is -1.28. The monoisotopic (exact) mass is 360 g/mol. The average Bonchev–Trinajstić information content (AvgIpc) is 2.77. The molecule has 0 bridgehead atoms. The Kier molecular flexibility index (Phi) is 5.69. The number of aryl methyl sites for hydroxylation is 1. The number of amides is 1. The molecule has 0 saturated heterocycles. The average molecular weight is 361 g/mol. The summed E-state index contributed by atoms with van der Waals surface area (Å²) in [5.74, 6) is -0.867. The maximum absolute atomic E-state index is 13.5. The van der Waals surface area contributed by atoms with Crippen molar-refractivity contribution < 1.29 is 14.3 Å². The van der Waals surface area contributed by atoms with Crippen LogP contribution in [0.2, 0.25) is 5.02 Å². The van der Waals surface area contributed by atoms with Crippen molar-refractivity contribution >= 4 is 41.1 Å². The van der Waals surface area contributed by atoms with E-state index in [-0.39, 0.29) is 24.0 Å². The minimum Gasteiger partial charge on any atom is -0.394 e. The van der Waals surface area contributed by atoms with Gasteiger partial charge in [0.25, 0.3) is 0 Å². The number of halogens is 2. The second-order valence-corrected chi connectivity index (χ2v) is 6.89. The summed E-state index contributed by atoms with van der Waals surface area (Å²) in [5.41, 5.74) is 1.31. The first-order valence-corrected chi connectivity index (χ1v) is 8.04. The summed E-state index contributed by atoms with van der Waals surface area (Å²) in [7, 11) is 0. The predicted octanol–water partition coefficient (Wildman–Crippen LogP) is 3.30. The van der Waals surface area contributed by atoms with Crippen LogP contribution in [0.25, 0.3) is 0 Å². The lowest BCUT2D eigenvalue weighted by atomic mass is 10.1. The van der Waals surface area contributed by atoms with Gasteiger partial charge in [0, 0.05) is 10.6 Å². The third-order valence-electron chi connectivity index (χ3n) is 3.11. The van der Waals surface area contributed by atoms with Crippen LogP contribution in [0.5, 0.6) is 0 Å². The SMILES string of the molecule is Cc1[nH]c(=S)sc1CC(=O)N[C@H](CO)c1ccc(Cl)c(F)c1. The number of thiazole rings is 1. The molecule has 0 aliphatic carbocycles. The van der Waals surface area contributed by atoms with Crippen molar-refractivity contribution in [1.29, 1.82) is 0 Å². The number of H-pyrrole nitrogens is 1. The molecule has 1 atom stereocenters. The molecular formula is C14H14ClFN2O2S2. The fourth-order valence-corrected chi connectivity index (χ4v) is 3.37. The second kappa shape index (κ2) is 7.32. The Morgan fingerprint density at radius 3 is 2.86 bits per heavy atom. The van der Waals surface area contributed by atoms with E-state index in [2.05, 4.69) is 10.3 Å². The Morgan fingerprint density at radius 2 is 2.32 bits per heavy atom. The molecular weight excluding hydrogens is 347 g/mol. The van der Waals surface area contributed by atoms with Crippen molar-refractivity contribution in [3.8, 4) is 0 Å². The van der Waals surface area contributed by atoms with Gasteiger partial charge in [0.2, 0.25) is 5.91 Å². The van der Waals surface area contributed by atoms with Gasteiger partial charge in [-0.1, -0.05) is 17.7 Å². The van der Waals surface area contributed by atoms with E-state index in [9.17, 15) is 14.3 Å². The zero-order valence-corrected chi connectivity index (χ0v) is 14.0. The van der Waals surface area contributed by atoms with E-state index in [0.717, 1.165) is 10.6 Å². The van der Waals surface area contributed by atoms with Gasteiger partial charge in [-0.25, -0.2) is 4.39 Å². The molecule has 1 heterocycles. The third-order valence-corrected chi connectivity index (χ3v) is 4.75. The summed E-state index contributed by atoms with van der Waals surface area (Å²) in [6.45, 7) is 1.50. The number of rotatable bonds is 5. The largest absolute Gasteiger partial charge is 0.394 e. The van der Waals surface area contributed by atoms with Gasteiger partial charge >= 0.3 is 0 Å². The van der Waals surface area contributed by atoms with Crippen molar-refractivity contribution in [3.05, 3.63) is 49.1 Å². The van der Waals surface area contributed by atoms with Crippen molar-refractivity contribution in [2.75, 3.05) is 6.61 Å². The van der Waals surface area contributed by atoms with E-state index in [0.29, 0.717) is 9.52 Å². The van der Waals surface area contributed by atoms with Crippen LogP contribution in [-0.2, 0) is 11.2 Å². The van der Waals surface area contributed by atoms with Crippen LogP contribution >= 0.6 is 35.2 Å². The molecule has 0 aliphatic heterocycles. The Balaban J connectivity index is 2.09. The number of carbonyl (C=O) groups is 1. The maximum atomic E-state index is 13.5. The first-order chi connectivity index (χ1) is 10.4. The first kappa shape index (κ1) is 17.1. The molecule has 118 valence electrons. The molecule has 0 saturated carbocycles. The highest BCUT2D eigenvalue weighted by atomic mass is 35.5. The Morgan fingerprint density at radius 1 is 1.59 bits per heavy atom. The second-order valence-electron chi connectivity index (χ2n) is 4.72. The zero-order chi connectivity index (χ0) is 16.3. The highest BCUT2D eigenvalue weighted by Gasteiger charge is 2.17. The van der Waals surface area contributed by atoms with E-state index < -0.39 is 11.9 Å². The van der Waals surface area contributed by atoms with Crippen LogP contribution in [0, 0.1) is 16.7 Å². The minimum atomic E-state index is -0.688. The molecule has 1 aromatic carbocycles. The lowest BCUT2D eigenvalue weighted by Gasteiger charge is -2.17. The summed E-state index contributed by atoms with van der Waals surface area (Å²) >= 11 is 12.0. The number of benzene rings is 1. The van der Waals surface area contributed by atoms with Crippen LogP contribution in [0.15, 0.2) is 18.2 Å². The summed E-state index contributed by atoms with van der Waals surface area (Å²) in [6, 6.07) is 3.47. The molecule has 1 amide bonds. The van der Waals surface area contributed by atoms with Crippen molar-refractivity contribution in [2.45, 2.75) is 19.4 Å². The smallest absolute Gasteiger partial charge is 0.225 e. The van der Waals surface area contributed by atoms with Gasteiger partial charge in [0.05, 0.1) is 24.1 Å². The molecule has 22 heavy (non-hydrogen) atoms. The molecule has 2 rings (SSSR count). The Bertz CT molecular complexity index is 745. The van der Waals surface area contributed by atoms with E-state index >= 15 is 0 Å². The van der Waals surface area contributed by atoms with Gasteiger partial charge in [-0.3, -0.25) is 4.79 Å². The van der Waals surface area contributed by atoms with Gasteiger partial charge in [0.1, 0.15) is 5.82 Å². The van der Waals surface area contributed by atoms with Gasteiger partial charge in [-0.05, 0) is 36.8 Å². The number of nitrogens with one attached hydrogen (secondary N) is 2. The number of hydrogen-bond donors (Lipinski definition) is 3. The van der Waals surface area contributed by atoms with Crippen LogP contribution in [0.1, 0.15) is 22.2 Å². The van der Waals surface area contributed by atoms with Crippen LogP contribution in [0.4, 0.5) is 4.39 Å². The Labute approximate surface area is 141 Å². The molecule has 3 N–H and O–H groups in total. The van der Waals surface area contributed by atoms with Crippen molar-refractivity contribution in [2.24, 2.45) is 0 Å². The lowest BCUT2D eigenvalue weighted by molar-refractivity contribution is -0.121. The quantitative estimate of drug-likeness (QED) is 0.717. The van der Waals surface area contributed by atoms with E-state index in [1.807, 2.05) is 6.92 Å². The molecule has 1 aromatic heterocycles. The van der Waals surface area contributed by atoms with Gasteiger partial charge < -0.3 is 15.4 Å². The van der Waals surface area contributed by atoms with Crippen LogP contribution < -0.4 is 5.32 Å². The zero-order valence-electron chi connectivity index (χ0n) is 11.7. The summed E-state index contributed by atoms with van der Waals surface area (Å²) in [6.07, 6.45) is 0.149. The highest BCUT2D eigenvalue weighted by molar-refractivity contribution is 7.73. The van der Waals surface area contributed by atoms with Crippen molar-refractivity contribution in [1.82, 2.24) is 10.3 Å². The standard InChI is InChI=1S/C14H14ClFN2O2S2/c1-7-12(22-14(21)17-7)5-13(20)18-11(6-19)8-2-3-9(15)10(16)4-8/h2-4,11,19H,5-6H2,1H3,(H,17,21)(H,18,20)/t11-/m1/s1. The van der Waals surface area contributed by atoms with Crippen LogP contribution in [-0.4, -0.2) is 22.6 Å². The molecule has 4 nitrogen and oxygen atoms in total. The normalized spacial score (nSPS) is 12.2. The summed E-state index contributed by atoms with van der Waals surface area (Å²) in [5, 5.41) is 12.1. The number of aromatic amines is 1. The number of aliphatic hydroxyl groups excluding tert-OH is 1. The van der Waals surface area contributed by atoms with Crippen molar-refractivity contribution in [3.63, 3.8) is 0 Å². The van der Waals surface area contributed by atoms with E-state index in [1.54, 1.807) is 6.07 Å². The van der Waals surface area contributed by atoms with Gasteiger partial charge in [-0.15, -0.1) is 11.3 Å². The lowest BCUT2D eigenvalue weighted by Crippen LogP contribution is -2.32. The number of carbonyl (C=O) groups excluding carboxylic acids is 1. The first-order valence-electron chi connectivity index (χ1n) is 6.44. The molecule has 0 radical (unpaired) electrons. The third kappa shape index (κ3) is 4.13. The molecule has 2 aromatic rings. The van der Waals surface area contributed by atoms with E-state index in [1.165, 1.54) is 23.5 Å². The minimum absolute atomic E-state index is 0.00510. The number of aromatic nitrogens is 1. The molecule has 8 heteroatoms. The topological polar surface area (TPSA) is 65.1 Å². The molecule has 0 spiro atoms.